The highest BCUT2D eigenvalue weighted by Gasteiger charge is 2.24. The number of carbonyl (C=O) groups is 1. The molecule has 0 bridgehead atoms. The Kier molecular flexibility index (Phi) is 6.68. The number of hydrogen-bond donors (Lipinski definition) is 0. The molecule has 1 aliphatic heterocycles. The second-order valence-corrected chi connectivity index (χ2v) is 7.20. The van der Waals surface area contributed by atoms with Gasteiger partial charge in [-0.1, -0.05) is 15.9 Å². The maximum absolute atomic E-state index is 14.0. The van der Waals surface area contributed by atoms with Gasteiger partial charge in [-0.25, -0.2) is 4.39 Å². The molecule has 0 unspecified atom stereocenters. The average Bonchev–Trinajstić information content (AvgIpc) is 2.68. The predicted molar refractivity (Wildman–Crippen MR) is 105 cm³/mol. The fourth-order valence-electron chi connectivity index (χ4n) is 2.97. The Morgan fingerprint density at radius 3 is 2.37 bits per heavy atom. The van der Waals surface area contributed by atoms with Crippen LogP contribution >= 0.6 is 15.9 Å². The van der Waals surface area contributed by atoms with Crippen LogP contribution in [0.5, 0.6) is 11.5 Å². The Morgan fingerprint density at radius 2 is 1.74 bits per heavy atom. The fourth-order valence-corrected chi connectivity index (χ4v) is 3.31. The molecule has 7 heteroatoms. The largest absolute Gasteiger partial charge is 0.497 e. The number of benzene rings is 2. The van der Waals surface area contributed by atoms with E-state index in [1.54, 1.807) is 18.1 Å². The summed E-state index contributed by atoms with van der Waals surface area (Å²) in [7, 11) is 1.63. The molecule has 2 aromatic carbocycles. The Balaban J connectivity index is 1.43. The van der Waals surface area contributed by atoms with Crippen molar-refractivity contribution in [1.29, 1.82) is 0 Å². The minimum Gasteiger partial charge on any atom is -0.497 e. The van der Waals surface area contributed by atoms with Crippen LogP contribution in [0.1, 0.15) is 10.4 Å². The summed E-state index contributed by atoms with van der Waals surface area (Å²) in [5.41, 5.74) is 0.120. The molecule has 1 fully saturated rings. The number of carbonyl (C=O) groups excluding carboxylic acids is 1. The Morgan fingerprint density at radius 1 is 1.07 bits per heavy atom. The second-order valence-electron chi connectivity index (χ2n) is 6.28. The molecule has 0 radical (unpaired) electrons. The van der Waals surface area contributed by atoms with E-state index < -0.39 is 5.82 Å². The van der Waals surface area contributed by atoms with Crippen LogP contribution in [0.4, 0.5) is 4.39 Å². The van der Waals surface area contributed by atoms with Crippen LogP contribution < -0.4 is 9.47 Å². The number of ether oxygens (including phenoxy) is 2. The molecule has 2 aromatic rings. The van der Waals surface area contributed by atoms with Crippen molar-refractivity contribution in [2.45, 2.75) is 0 Å². The van der Waals surface area contributed by atoms with Crippen LogP contribution in [0.15, 0.2) is 46.9 Å². The second kappa shape index (κ2) is 9.19. The van der Waals surface area contributed by atoms with E-state index in [1.165, 1.54) is 12.1 Å². The monoisotopic (exact) mass is 436 g/mol. The lowest BCUT2D eigenvalue weighted by Crippen LogP contribution is -2.49. The van der Waals surface area contributed by atoms with Gasteiger partial charge in [0.15, 0.2) is 0 Å². The van der Waals surface area contributed by atoms with Gasteiger partial charge in [0.25, 0.3) is 5.91 Å². The molecule has 1 amide bonds. The first kappa shape index (κ1) is 19.6. The molecule has 0 atom stereocenters. The summed E-state index contributed by atoms with van der Waals surface area (Å²) in [6, 6.07) is 12.0. The highest BCUT2D eigenvalue weighted by atomic mass is 79.9. The summed E-state index contributed by atoms with van der Waals surface area (Å²) in [6.07, 6.45) is 0. The van der Waals surface area contributed by atoms with Gasteiger partial charge < -0.3 is 14.4 Å². The zero-order valence-corrected chi connectivity index (χ0v) is 16.7. The van der Waals surface area contributed by atoms with E-state index in [0.717, 1.165) is 31.1 Å². The molecule has 0 spiro atoms. The van der Waals surface area contributed by atoms with Crippen molar-refractivity contribution in [1.82, 2.24) is 9.80 Å². The number of nitrogens with zero attached hydrogens (tertiary/aromatic N) is 2. The van der Waals surface area contributed by atoms with E-state index in [0.29, 0.717) is 24.2 Å². The molecule has 0 aromatic heterocycles. The standard InChI is InChI=1S/C20H22BrFN2O3/c1-26-16-3-5-17(6-4-16)27-13-12-23-8-10-24(11-9-23)20(25)18-7-2-15(21)14-19(18)22/h2-7,14H,8-13H2,1H3. The van der Waals surface area contributed by atoms with Gasteiger partial charge in [-0.15, -0.1) is 0 Å². The molecular formula is C20H22BrFN2O3. The van der Waals surface area contributed by atoms with Crippen LogP contribution in [0, 0.1) is 5.82 Å². The minimum absolute atomic E-state index is 0.120. The summed E-state index contributed by atoms with van der Waals surface area (Å²) in [5.74, 6) is 0.847. The van der Waals surface area contributed by atoms with Gasteiger partial charge >= 0.3 is 0 Å². The number of piperazine rings is 1. The maximum atomic E-state index is 14.0. The summed E-state index contributed by atoms with van der Waals surface area (Å²) in [4.78, 5) is 16.4. The molecule has 0 saturated carbocycles. The van der Waals surface area contributed by atoms with Gasteiger partial charge in [-0.05, 0) is 42.5 Å². The summed E-state index contributed by atoms with van der Waals surface area (Å²) in [5, 5.41) is 0. The van der Waals surface area contributed by atoms with E-state index in [4.69, 9.17) is 9.47 Å². The first-order chi connectivity index (χ1) is 13.1. The highest BCUT2D eigenvalue weighted by molar-refractivity contribution is 9.10. The van der Waals surface area contributed by atoms with Gasteiger partial charge in [0.2, 0.25) is 0 Å². The number of amides is 1. The number of methoxy groups -OCH3 is 1. The lowest BCUT2D eigenvalue weighted by atomic mass is 10.1. The smallest absolute Gasteiger partial charge is 0.256 e. The first-order valence-corrected chi connectivity index (χ1v) is 9.59. The van der Waals surface area contributed by atoms with Crippen LogP contribution in [0.25, 0.3) is 0 Å². The van der Waals surface area contributed by atoms with Crippen LogP contribution in [-0.4, -0.2) is 62.1 Å². The quantitative estimate of drug-likeness (QED) is 0.695. The molecule has 1 aliphatic rings. The van der Waals surface area contributed by atoms with Crippen molar-refractivity contribution in [3.63, 3.8) is 0 Å². The fraction of sp³-hybridized carbons (Fsp3) is 0.350. The number of hydrogen-bond acceptors (Lipinski definition) is 4. The van der Waals surface area contributed by atoms with Gasteiger partial charge in [-0.3, -0.25) is 9.69 Å². The SMILES string of the molecule is COc1ccc(OCCN2CCN(C(=O)c3ccc(Br)cc3F)CC2)cc1. The Bertz CT molecular complexity index is 777. The molecule has 5 nitrogen and oxygen atoms in total. The van der Waals surface area contributed by atoms with E-state index in [9.17, 15) is 9.18 Å². The molecule has 1 heterocycles. The molecule has 144 valence electrons. The van der Waals surface area contributed by atoms with Crippen molar-refractivity contribution in [3.05, 3.63) is 58.3 Å². The molecule has 0 aliphatic carbocycles. The molecule has 0 N–H and O–H groups in total. The van der Waals surface area contributed by atoms with Crippen molar-refractivity contribution in [3.8, 4) is 11.5 Å². The summed E-state index contributed by atoms with van der Waals surface area (Å²) in [6.45, 7) is 4.00. The normalized spacial score (nSPS) is 14.9. The zero-order chi connectivity index (χ0) is 19.2. The summed E-state index contributed by atoms with van der Waals surface area (Å²) < 4.78 is 25.5. The van der Waals surface area contributed by atoms with E-state index in [1.807, 2.05) is 24.3 Å². The average molecular weight is 437 g/mol. The van der Waals surface area contributed by atoms with Crippen LogP contribution in [-0.2, 0) is 0 Å². The van der Waals surface area contributed by atoms with Gasteiger partial charge in [0.05, 0.1) is 12.7 Å². The van der Waals surface area contributed by atoms with Crippen molar-refractivity contribution >= 4 is 21.8 Å². The molecule has 27 heavy (non-hydrogen) atoms. The minimum atomic E-state index is -0.496. The van der Waals surface area contributed by atoms with E-state index in [2.05, 4.69) is 20.8 Å². The molecular weight excluding hydrogens is 415 g/mol. The highest BCUT2D eigenvalue weighted by Crippen LogP contribution is 2.18. The van der Waals surface area contributed by atoms with Gasteiger partial charge in [0.1, 0.15) is 23.9 Å². The van der Waals surface area contributed by atoms with E-state index >= 15 is 0 Å². The van der Waals surface area contributed by atoms with Crippen molar-refractivity contribution < 1.29 is 18.7 Å². The van der Waals surface area contributed by atoms with Crippen LogP contribution in [0.2, 0.25) is 0 Å². The summed E-state index contributed by atoms with van der Waals surface area (Å²) >= 11 is 3.21. The number of halogens is 2. The van der Waals surface area contributed by atoms with Gasteiger partial charge in [0, 0.05) is 37.2 Å². The Hall–Kier alpha value is -2.12. The lowest BCUT2D eigenvalue weighted by Gasteiger charge is -2.34. The zero-order valence-electron chi connectivity index (χ0n) is 15.2. The van der Waals surface area contributed by atoms with Crippen molar-refractivity contribution in [2.24, 2.45) is 0 Å². The maximum Gasteiger partial charge on any atom is 0.256 e. The van der Waals surface area contributed by atoms with E-state index in [-0.39, 0.29) is 11.5 Å². The number of rotatable bonds is 6. The lowest BCUT2D eigenvalue weighted by molar-refractivity contribution is 0.0616. The molecule has 3 rings (SSSR count). The third kappa shape index (κ3) is 5.20. The topological polar surface area (TPSA) is 42.0 Å². The van der Waals surface area contributed by atoms with Gasteiger partial charge in [-0.2, -0.15) is 0 Å². The van der Waals surface area contributed by atoms with Crippen LogP contribution in [0.3, 0.4) is 0 Å². The third-order valence-electron chi connectivity index (χ3n) is 4.56. The first-order valence-electron chi connectivity index (χ1n) is 8.80. The van der Waals surface area contributed by atoms with Crippen molar-refractivity contribution in [2.75, 3.05) is 46.4 Å². The Labute approximate surface area is 166 Å². The predicted octanol–water partition coefficient (Wildman–Crippen LogP) is 3.43. The molecule has 1 saturated heterocycles. The third-order valence-corrected chi connectivity index (χ3v) is 5.05.